The van der Waals surface area contributed by atoms with E-state index >= 15 is 0 Å². The van der Waals surface area contributed by atoms with Gasteiger partial charge in [-0.25, -0.2) is 0 Å². The van der Waals surface area contributed by atoms with E-state index in [0.29, 0.717) is 15.2 Å². The topological polar surface area (TPSA) is 76.7 Å². The molecule has 2 amide bonds. The zero-order valence-electron chi connectivity index (χ0n) is 14.6. The van der Waals surface area contributed by atoms with Gasteiger partial charge in [0.25, 0.3) is 11.8 Å². The van der Waals surface area contributed by atoms with E-state index < -0.39 is 11.8 Å². The molecule has 2 N–H and O–H groups in total. The van der Waals surface area contributed by atoms with Crippen LogP contribution in [0.4, 0.5) is 0 Å². The summed E-state index contributed by atoms with van der Waals surface area (Å²) in [4.78, 5) is 23.6. The van der Waals surface area contributed by atoms with Crippen LogP contribution in [-0.4, -0.2) is 25.0 Å². The highest BCUT2D eigenvalue weighted by molar-refractivity contribution is 9.10. The van der Waals surface area contributed by atoms with Crippen LogP contribution < -0.4 is 20.3 Å². The minimum Gasteiger partial charge on any atom is -0.483 e. The molecule has 0 fully saturated rings. The fourth-order valence-corrected chi connectivity index (χ4v) is 3.49. The molecular weight excluding hydrogens is 459 g/mol. The maximum absolute atomic E-state index is 11.8. The fourth-order valence-electron chi connectivity index (χ4n) is 2.12. The number of hydrogen-bond acceptors (Lipinski definition) is 4. The van der Waals surface area contributed by atoms with Crippen LogP contribution in [0.15, 0.2) is 34.8 Å². The summed E-state index contributed by atoms with van der Waals surface area (Å²) in [7, 11) is 0. The minimum absolute atomic E-state index is 0.237. The molecule has 0 heterocycles. The normalized spacial score (nSPS) is 10.3. The number of benzene rings is 2. The van der Waals surface area contributed by atoms with Crippen LogP contribution in [0.3, 0.4) is 0 Å². The average Bonchev–Trinajstić information content (AvgIpc) is 2.58. The van der Waals surface area contributed by atoms with Gasteiger partial charge in [0, 0.05) is 5.02 Å². The number of nitrogens with one attached hydrogen (secondary N) is 2. The van der Waals surface area contributed by atoms with Crippen molar-refractivity contribution in [1.82, 2.24) is 10.9 Å². The molecular formula is C18H17BrCl2N2O4. The van der Waals surface area contributed by atoms with Crippen LogP contribution in [0.2, 0.25) is 10.0 Å². The summed E-state index contributed by atoms with van der Waals surface area (Å²) in [5, 5.41) is 0.688. The molecule has 9 heteroatoms. The van der Waals surface area contributed by atoms with Crippen LogP contribution in [0.1, 0.15) is 11.1 Å². The summed E-state index contributed by atoms with van der Waals surface area (Å²) < 4.78 is 11.3. The molecule has 0 radical (unpaired) electrons. The summed E-state index contributed by atoms with van der Waals surface area (Å²) in [6, 6.07) is 8.71. The molecule has 2 rings (SSSR count). The number of hydrogen-bond donors (Lipinski definition) is 2. The first-order chi connectivity index (χ1) is 12.8. The van der Waals surface area contributed by atoms with Crippen molar-refractivity contribution in [3.05, 3.63) is 56.0 Å². The van der Waals surface area contributed by atoms with E-state index in [-0.39, 0.29) is 24.0 Å². The van der Waals surface area contributed by atoms with Crippen molar-refractivity contribution in [2.75, 3.05) is 13.2 Å². The molecule has 0 atom stereocenters. The number of carbonyl (C=O) groups is 2. The van der Waals surface area contributed by atoms with Gasteiger partial charge >= 0.3 is 0 Å². The lowest BCUT2D eigenvalue weighted by atomic mass is 10.1. The predicted octanol–water partition coefficient (Wildman–Crippen LogP) is 3.98. The first-order valence-electron chi connectivity index (χ1n) is 7.81. The molecule has 0 aliphatic rings. The van der Waals surface area contributed by atoms with Crippen molar-refractivity contribution < 1.29 is 19.1 Å². The average molecular weight is 476 g/mol. The maximum atomic E-state index is 11.8. The molecule has 0 bridgehead atoms. The van der Waals surface area contributed by atoms with E-state index in [4.69, 9.17) is 32.7 Å². The lowest BCUT2D eigenvalue weighted by molar-refractivity contribution is -0.131. The molecule has 2 aromatic carbocycles. The quantitative estimate of drug-likeness (QED) is 0.619. The molecule has 144 valence electrons. The first-order valence-corrected chi connectivity index (χ1v) is 9.36. The minimum atomic E-state index is -0.562. The van der Waals surface area contributed by atoms with Gasteiger partial charge in [0.1, 0.15) is 5.75 Å². The Morgan fingerprint density at radius 2 is 1.63 bits per heavy atom. The van der Waals surface area contributed by atoms with Gasteiger partial charge < -0.3 is 9.47 Å². The third-order valence-electron chi connectivity index (χ3n) is 3.34. The van der Waals surface area contributed by atoms with Gasteiger partial charge in [0.2, 0.25) is 0 Å². The Kier molecular flexibility index (Phi) is 7.77. The highest BCUT2D eigenvalue weighted by Gasteiger charge is 2.12. The van der Waals surface area contributed by atoms with Crippen molar-refractivity contribution in [2.45, 2.75) is 13.8 Å². The molecule has 0 aromatic heterocycles. The van der Waals surface area contributed by atoms with E-state index in [1.807, 2.05) is 26.0 Å². The van der Waals surface area contributed by atoms with E-state index in [1.165, 1.54) is 6.07 Å². The van der Waals surface area contributed by atoms with Crippen LogP contribution in [-0.2, 0) is 9.59 Å². The Labute approximate surface area is 175 Å². The number of halogens is 3. The Hall–Kier alpha value is -1.96. The molecule has 0 aliphatic heterocycles. The number of hydrazine groups is 1. The summed E-state index contributed by atoms with van der Waals surface area (Å²) >= 11 is 15.1. The molecule has 0 saturated heterocycles. The van der Waals surface area contributed by atoms with Crippen LogP contribution in [0.5, 0.6) is 11.5 Å². The monoisotopic (exact) mass is 474 g/mol. The number of carbonyl (C=O) groups excluding carboxylic acids is 2. The van der Waals surface area contributed by atoms with Gasteiger partial charge in [0.05, 0.1) is 9.50 Å². The SMILES string of the molecule is Cc1ccc(OCC(=O)NNC(=O)COc2c(Cl)cc(Cl)cc2Br)c(C)c1. The Balaban J connectivity index is 1.76. The van der Waals surface area contributed by atoms with Crippen LogP contribution >= 0.6 is 39.1 Å². The third kappa shape index (κ3) is 6.61. The maximum Gasteiger partial charge on any atom is 0.276 e. The van der Waals surface area contributed by atoms with Gasteiger partial charge in [-0.3, -0.25) is 20.4 Å². The molecule has 2 aromatic rings. The van der Waals surface area contributed by atoms with Gasteiger partial charge in [0.15, 0.2) is 19.0 Å². The van der Waals surface area contributed by atoms with Gasteiger partial charge in [-0.2, -0.15) is 0 Å². The Bertz CT molecular complexity index is 838. The molecule has 6 nitrogen and oxygen atoms in total. The van der Waals surface area contributed by atoms with E-state index in [9.17, 15) is 9.59 Å². The molecule has 0 aliphatic carbocycles. The lowest BCUT2D eigenvalue weighted by Gasteiger charge is -2.12. The zero-order chi connectivity index (χ0) is 20.0. The molecule has 27 heavy (non-hydrogen) atoms. The van der Waals surface area contributed by atoms with Crippen LogP contribution in [0.25, 0.3) is 0 Å². The summed E-state index contributed by atoms with van der Waals surface area (Å²) in [5.41, 5.74) is 6.51. The Morgan fingerprint density at radius 3 is 2.22 bits per heavy atom. The third-order valence-corrected chi connectivity index (χ3v) is 4.43. The number of amides is 2. The summed E-state index contributed by atoms with van der Waals surface area (Å²) in [5.74, 6) is -0.185. The highest BCUT2D eigenvalue weighted by atomic mass is 79.9. The van der Waals surface area contributed by atoms with Crippen molar-refractivity contribution in [1.29, 1.82) is 0 Å². The first kappa shape index (κ1) is 21.3. The van der Waals surface area contributed by atoms with Crippen LogP contribution in [0, 0.1) is 13.8 Å². The number of aryl methyl sites for hydroxylation is 2. The second-order valence-electron chi connectivity index (χ2n) is 5.64. The smallest absolute Gasteiger partial charge is 0.276 e. The van der Waals surface area contributed by atoms with E-state index in [1.54, 1.807) is 12.1 Å². The van der Waals surface area contributed by atoms with E-state index in [0.717, 1.165) is 11.1 Å². The second kappa shape index (κ2) is 9.82. The van der Waals surface area contributed by atoms with Gasteiger partial charge in [-0.15, -0.1) is 0 Å². The lowest BCUT2D eigenvalue weighted by Crippen LogP contribution is -2.45. The van der Waals surface area contributed by atoms with Gasteiger partial charge in [-0.1, -0.05) is 40.9 Å². The van der Waals surface area contributed by atoms with Crippen molar-refractivity contribution in [3.63, 3.8) is 0 Å². The molecule has 0 unspecified atom stereocenters. The van der Waals surface area contributed by atoms with Gasteiger partial charge in [-0.05, 0) is 53.5 Å². The number of ether oxygens (including phenoxy) is 2. The largest absolute Gasteiger partial charge is 0.483 e. The van der Waals surface area contributed by atoms with E-state index in [2.05, 4.69) is 26.8 Å². The zero-order valence-corrected chi connectivity index (χ0v) is 17.7. The molecule has 0 spiro atoms. The van der Waals surface area contributed by atoms with Crippen molar-refractivity contribution >= 4 is 50.9 Å². The van der Waals surface area contributed by atoms with Crippen molar-refractivity contribution in [2.24, 2.45) is 0 Å². The summed E-state index contributed by atoms with van der Waals surface area (Å²) in [6.45, 7) is 3.27. The number of rotatable bonds is 6. The second-order valence-corrected chi connectivity index (χ2v) is 7.34. The standard InChI is InChI=1S/C18H17BrCl2N2O4/c1-10-3-4-15(11(2)5-10)26-8-16(24)22-23-17(25)9-27-18-13(19)6-12(20)7-14(18)21/h3-7H,8-9H2,1-2H3,(H,22,24)(H,23,25). The summed E-state index contributed by atoms with van der Waals surface area (Å²) in [6.07, 6.45) is 0. The highest BCUT2D eigenvalue weighted by Crippen LogP contribution is 2.35. The fraction of sp³-hybridized carbons (Fsp3) is 0.222. The Morgan fingerprint density at radius 1 is 1.00 bits per heavy atom. The van der Waals surface area contributed by atoms with Crippen molar-refractivity contribution in [3.8, 4) is 11.5 Å². The molecule has 0 saturated carbocycles. The predicted molar refractivity (Wildman–Crippen MR) is 107 cm³/mol.